The Labute approximate surface area is 117 Å². The molecule has 0 aliphatic rings. The van der Waals surface area contributed by atoms with Crippen LogP contribution >= 0.6 is 11.6 Å². The van der Waals surface area contributed by atoms with Crippen LogP contribution in [0.2, 0.25) is 5.02 Å². The van der Waals surface area contributed by atoms with Gasteiger partial charge < -0.3 is 16.4 Å². The lowest BCUT2D eigenvalue weighted by atomic mass is 10.2. The minimum atomic E-state index is -4.40. The van der Waals surface area contributed by atoms with Crippen molar-refractivity contribution < 1.29 is 22.8 Å². The van der Waals surface area contributed by atoms with E-state index < -0.39 is 31.1 Å². The molecule has 0 bridgehead atoms. The molecule has 0 aliphatic carbocycles. The third kappa shape index (κ3) is 5.45. The number of nitrogens with two attached hydrogens (primary N) is 1. The van der Waals surface area contributed by atoms with Crippen LogP contribution in [-0.2, 0) is 4.79 Å². The second kappa shape index (κ2) is 6.58. The molecule has 0 aromatic heterocycles. The van der Waals surface area contributed by atoms with E-state index >= 15 is 0 Å². The molecule has 0 spiro atoms. The van der Waals surface area contributed by atoms with E-state index in [4.69, 9.17) is 17.3 Å². The Morgan fingerprint density at radius 3 is 2.50 bits per heavy atom. The van der Waals surface area contributed by atoms with Gasteiger partial charge in [0.25, 0.3) is 0 Å². The number of halogens is 4. The highest BCUT2D eigenvalue weighted by molar-refractivity contribution is 6.33. The summed E-state index contributed by atoms with van der Waals surface area (Å²) in [5, 5.41) is 4.35. The second-order valence-corrected chi connectivity index (χ2v) is 4.23. The van der Waals surface area contributed by atoms with Crippen LogP contribution in [0.25, 0.3) is 0 Å². The van der Waals surface area contributed by atoms with Gasteiger partial charge in [0.15, 0.2) is 0 Å². The van der Waals surface area contributed by atoms with Gasteiger partial charge in [0, 0.05) is 5.56 Å². The molecule has 1 aromatic rings. The summed E-state index contributed by atoms with van der Waals surface area (Å²) >= 11 is 5.78. The molecule has 0 aliphatic heterocycles. The smallest absolute Gasteiger partial charge is 0.366 e. The van der Waals surface area contributed by atoms with Crippen LogP contribution in [0.15, 0.2) is 18.2 Å². The highest BCUT2D eigenvalue weighted by Crippen LogP contribution is 2.22. The molecule has 0 atom stereocenters. The number of primary amides is 1. The van der Waals surface area contributed by atoms with Gasteiger partial charge in [0.05, 0.1) is 23.8 Å². The number of hydrogen-bond acceptors (Lipinski definition) is 3. The van der Waals surface area contributed by atoms with Gasteiger partial charge >= 0.3 is 6.18 Å². The summed E-state index contributed by atoms with van der Waals surface area (Å²) in [4.78, 5) is 22.4. The van der Waals surface area contributed by atoms with Gasteiger partial charge in [-0.15, -0.1) is 0 Å². The molecule has 0 saturated heterocycles. The number of benzene rings is 1. The highest BCUT2D eigenvalue weighted by atomic mass is 35.5. The Morgan fingerprint density at radius 2 is 1.95 bits per heavy atom. The zero-order valence-electron chi connectivity index (χ0n) is 10.1. The van der Waals surface area contributed by atoms with E-state index in [9.17, 15) is 22.8 Å². The molecule has 4 N–H and O–H groups in total. The normalized spacial score (nSPS) is 11.2. The van der Waals surface area contributed by atoms with Crippen molar-refractivity contribution in [2.45, 2.75) is 6.18 Å². The topological polar surface area (TPSA) is 84.2 Å². The molecule has 1 aromatic carbocycles. The minimum Gasteiger partial charge on any atom is -0.366 e. The molecule has 9 heteroatoms. The van der Waals surface area contributed by atoms with E-state index in [-0.39, 0.29) is 16.3 Å². The van der Waals surface area contributed by atoms with Crippen LogP contribution < -0.4 is 16.4 Å². The van der Waals surface area contributed by atoms with Crippen LogP contribution in [0.1, 0.15) is 10.4 Å². The largest absolute Gasteiger partial charge is 0.401 e. The molecule has 110 valence electrons. The Morgan fingerprint density at radius 1 is 1.30 bits per heavy atom. The quantitative estimate of drug-likeness (QED) is 0.771. The fraction of sp³-hybridized carbons (Fsp3) is 0.273. The van der Waals surface area contributed by atoms with Crippen molar-refractivity contribution in [2.75, 3.05) is 18.4 Å². The zero-order valence-corrected chi connectivity index (χ0v) is 10.8. The van der Waals surface area contributed by atoms with Crippen LogP contribution in [0, 0.1) is 0 Å². The van der Waals surface area contributed by atoms with Crippen molar-refractivity contribution >= 4 is 29.1 Å². The molecule has 0 saturated carbocycles. The number of carbonyl (C=O) groups excluding carboxylic acids is 2. The first kappa shape index (κ1) is 16.3. The lowest BCUT2D eigenvalue weighted by Gasteiger charge is -2.10. The molecule has 1 rings (SSSR count). The van der Waals surface area contributed by atoms with Gasteiger partial charge in [0.2, 0.25) is 11.8 Å². The van der Waals surface area contributed by atoms with E-state index in [0.29, 0.717) is 0 Å². The van der Waals surface area contributed by atoms with Crippen LogP contribution in [0.4, 0.5) is 18.9 Å². The van der Waals surface area contributed by atoms with Crippen molar-refractivity contribution in [1.82, 2.24) is 5.32 Å². The molecule has 5 nitrogen and oxygen atoms in total. The van der Waals surface area contributed by atoms with Crippen molar-refractivity contribution in [1.29, 1.82) is 0 Å². The van der Waals surface area contributed by atoms with E-state index in [1.165, 1.54) is 18.2 Å². The van der Waals surface area contributed by atoms with Crippen molar-refractivity contribution in [3.05, 3.63) is 28.8 Å². The van der Waals surface area contributed by atoms with Crippen LogP contribution in [-0.4, -0.2) is 31.1 Å². The maximum absolute atomic E-state index is 11.9. The minimum absolute atomic E-state index is 0.0989. The summed E-state index contributed by atoms with van der Waals surface area (Å²) < 4.78 is 35.6. The standard InChI is InChI=1S/C11H11ClF3N3O2/c12-7-2-1-6(10(16)20)3-8(7)18-9(19)4-17-5-11(13,14)15/h1-3,17H,4-5H2,(H2,16,20)(H,18,19). The average molecular weight is 310 g/mol. The predicted octanol–water partition coefficient (Wildman–Crippen LogP) is 1.53. The van der Waals surface area contributed by atoms with Crippen molar-refractivity contribution in [3.8, 4) is 0 Å². The second-order valence-electron chi connectivity index (χ2n) is 3.83. The van der Waals surface area contributed by atoms with Gasteiger partial charge in [-0.05, 0) is 18.2 Å². The first-order chi connectivity index (χ1) is 9.19. The Bertz CT molecular complexity index is 520. The van der Waals surface area contributed by atoms with Gasteiger partial charge in [-0.3, -0.25) is 9.59 Å². The zero-order chi connectivity index (χ0) is 15.3. The maximum atomic E-state index is 11.9. The summed E-state index contributed by atoms with van der Waals surface area (Å²) in [6, 6.07) is 3.95. The van der Waals surface area contributed by atoms with E-state index in [1.807, 2.05) is 5.32 Å². The molecular weight excluding hydrogens is 299 g/mol. The Hall–Kier alpha value is -1.80. The number of hydrogen-bond donors (Lipinski definition) is 3. The summed E-state index contributed by atoms with van der Waals surface area (Å²) in [7, 11) is 0. The van der Waals surface area contributed by atoms with E-state index in [0.717, 1.165) is 0 Å². The number of rotatable bonds is 5. The molecule has 0 radical (unpaired) electrons. The fourth-order valence-electron chi connectivity index (χ4n) is 1.29. The van der Waals surface area contributed by atoms with Crippen molar-refractivity contribution in [3.63, 3.8) is 0 Å². The molecular formula is C11H11ClF3N3O2. The molecule has 0 heterocycles. The monoisotopic (exact) mass is 309 g/mol. The Kier molecular flexibility index (Phi) is 5.34. The van der Waals surface area contributed by atoms with Gasteiger partial charge in [-0.2, -0.15) is 13.2 Å². The SMILES string of the molecule is NC(=O)c1ccc(Cl)c(NC(=O)CNCC(F)(F)F)c1. The third-order valence-corrected chi connectivity index (χ3v) is 2.47. The van der Waals surface area contributed by atoms with Gasteiger partial charge in [0.1, 0.15) is 0 Å². The highest BCUT2D eigenvalue weighted by Gasteiger charge is 2.26. The molecule has 0 fully saturated rings. The fourth-order valence-corrected chi connectivity index (χ4v) is 1.45. The maximum Gasteiger partial charge on any atom is 0.401 e. The average Bonchev–Trinajstić information content (AvgIpc) is 2.30. The lowest BCUT2D eigenvalue weighted by Crippen LogP contribution is -2.35. The predicted molar refractivity (Wildman–Crippen MR) is 67.5 cm³/mol. The molecule has 2 amide bonds. The van der Waals surface area contributed by atoms with E-state index in [1.54, 1.807) is 0 Å². The summed E-state index contributed by atoms with van der Waals surface area (Å²) in [6.45, 7) is -1.83. The lowest BCUT2D eigenvalue weighted by molar-refractivity contribution is -0.126. The molecule has 20 heavy (non-hydrogen) atoms. The summed E-state index contributed by atoms with van der Waals surface area (Å²) in [5.41, 5.74) is 5.28. The molecule has 0 unspecified atom stereocenters. The van der Waals surface area contributed by atoms with Gasteiger partial charge in [-0.25, -0.2) is 0 Å². The van der Waals surface area contributed by atoms with Crippen molar-refractivity contribution in [2.24, 2.45) is 5.73 Å². The van der Waals surface area contributed by atoms with E-state index in [2.05, 4.69) is 5.32 Å². The van der Waals surface area contributed by atoms with Crippen LogP contribution in [0.5, 0.6) is 0 Å². The third-order valence-electron chi connectivity index (χ3n) is 2.14. The first-order valence-electron chi connectivity index (χ1n) is 5.36. The summed E-state index contributed by atoms with van der Waals surface area (Å²) in [6.07, 6.45) is -4.40. The van der Waals surface area contributed by atoms with Gasteiger partial charge in [-0.1, -0.05) is 11.6 Å². The summed E-state index contributed by atoms with van der Waals surface area (Å²) in [5.74, 6) is -1.44. The number of amides is 2. The number of carbonyl (C=O) groups is 2. The number of nitrogens with one attached hydrogen (secondary N) is 2. The number of anilines is 1. The Balaban J connectivity index is 2.62. The number of alkyl halides is 3. The first-order valence-corrected chi connectivity index (χ1v) is 5.73. The van der Waals surface area contributed by atoms with Crippen LogP contribution in [0.3, 0.4) is 0 Å².